The highest BCUT2D eigenvalue weighted by atomic mass is 16.6. The van der Waals surface area contributed by atoms with Gasteiger partial charge in [-0.05, 0) is 31.4 Å². The fourth-order valence-electron chi connectivity index (χ4n) is 4.28. The lowest BCUT2D eigenvalue weighted by Gasteiger charge is -2.36. The van der Waals surface area contributed by atoms with Gasteiger partial charge in [-0.2, -0.15) is 0 Å². The van der Waals surface area contributed by atoms with Gasteiger partial charge in [0.05, 0.1) is 11.1 Å². The van der Waals surface area contributed by atoms with Gasteiger partial charge >= 0.3 is 5.97 Å². The number of phenols is 1. The maximum Gasteiger partial charge on any atom is 0.312 e. The van der Waals surface area contributed by atoms with Crippen LogP contribution in [0.3, 0.4) is 0 Å². The van der Waals surface area contributed by atoms with Crippen molar-refractivity contribution in [2.45, 2.75) is 38.2 Å². The third-order valence-electron chi connectivity index (χ3n) is 6.00. The van der Waals surface area contributed by atoms with Gasteiger partial charge in [-0.15, -0.1) is 0 Å². The molecule has 3 aliphatic rings. The minimum atomic E-state index is -0.103. The second-order valence-electron chi connectivity index (χ2n) is 7.47. The Morgan fingerprint density at radius 2 is 1.92 bits per heavy atom. The Labute approximate surface area is 143 Å². The largest absolute Gasteiger partial charge is 0.506 e. The number of cyclic esters (lactones) is 1. The predicted octanol–water partition coefficient (Wildman–Crippen LogP) is 2.39. The number of esters is 1. The molecular weight excluding hydrogens is 304 g/mol. The summed E-state index contributed by atoms with van der Waals surface area (Å²) in [5, 5.41) is 9.97. The van der Waals surface area contributed by atoms with Gasteiger partial charge in [0.1, 0.15) is 11.9 Å². The minimum Gasteiger partial charge on any atom is -0.506 e. The Morgan fingerprint density at radius 3 is 2.54 bits per heavy atom. The molecule has 2 aliphatic heterocycles. The number of para-hydroxylation sites is 2. The Hall–Kier alpha value is -1.75. The summed E-state index contributed by atoms with van der Waals surface area (Å²) in [5.41, 5.74) is 0.822. The highest BCUT2D eigenvalue weighted by Gasteiger charge is 2.52. The molecule has 2 saturated heterocycles. The number of phenolic OH excluding ortho intramolecular Hbond substituents is 1. The lowest BCUT2D eigenvalue weighted by molar-refractivity contribution is -0.152. The summed E-state index contributed by atoms with van der Waals surface area (Å²) in [7, 11) is 0. The van der Waals surface area contributed by atoms with Gasteiger partial charge in [-0.3, -0.25) is 9.69 Å². The molecule has 24 heavy (non-hydrogen) atoms. The SMILES string of the molecule is O=C1OC(CCN2CCN(c3ccccc3O)CC2)CC12CCC2. The molecule has 2 heterocycles. The number of aromatic hydroxyl groups is 1. The van der Waals surface area contributed by atoms with Gasteiger partial charge in [-0.25, -0.2) is 0 Å². The maximum atomic E-state index is 12.0. The van der Waals surface area contributed by atoms with Crippen LogP contribution < -0.4 is 4.90 Å². The van der Waals surface area contributed by atoms with Crippen LogP contribution >= 0.6 is 0 Å². The number of benzene rings is 1. The average Bonchev–Trinajstić information content (AvgIpc) is 2.91. The van der Waals surface area contributed by atoms with E-state index in [2.05, 4.69) is 9.80 Å². The molecule has 1 unspecified atom stereocenters. The number of anilines is 1. The Balaban J connectivity index is 1.24. The van der Waals surface area contributed by atoms with Crippen molar-refractivity contribution in [3.05, 3.63) is 24.3 Å². The Bertz CT molecular complexity index is 606. The van der Waals surface area contributed by atoms with Crippen molar-refractivity contribution in [1.29, 1.82) is 0 Å². The van der Waals surface area contributed by atoms with Crippen LogP contribution in [0.2, 0.25) is 0 Å². The van der Waals surface area contributed by atoms with E-state index in [-0.39, 0.29) is 17.5 Å². The summed E-state index contributed by atoms with van der Waals surface area (Å²) < 4.78 is 5.61. The van der Waals surface area contributed by atoms with Gasteiger partial charge in [0.15, 0.2) is 0 Å². The molecule has 5 nitrogen and oxygen atoms in total. The van der Waals surface area contributed by atoms with Crippen LogP contribution in [-0.4, -0.2) is 54.8 Å². The smallest absolute Gasteiger partial charge is 0.312 e. The molecule has 1 N–H and O–H groups in total. The van der Waals surface area contributed by atoms with Crippen LogP contribution in [0.15, 0.2) is 24.3 Å². The van der Waals surface area contributed by atoms with Crippen molar-refractivity contribution < 1.29 is 14.6 Å². The van der Waals surface area contributed by atoms with E-state index in [1.54, 1.807) is 6.07 Å². The lowest BCUT2D eigenvalue weighted by atomic mass is 9.67. The fourth-order valence-corrected chi connectivity index (χ4v) is 4.28. The summed E-state index contributed by atoms with van der Waals surface area (Å²) >= 11 is 0. The van der Waals surface area contributed by atoms with Crippen LogP contribution in [-0.2, 0) is 9.53 Å². The van der Waals surface area contributed by atoms with E-state index in [1.807, 2.05) is 18.2 Å². The van der Waals surface area contributed by atoms with E-state index >= 15 is 0 Å². The number of ether oxygens (including phenoxy) is 1. The molecule has 1 aromatic carbocycles. The number of carbonyl (C=O) groups is 1. The minimum absolute atomic E-state index is 0.0584. The monoisotopic (exact) mass is 330 g/mol. The Morgan fingerprint density at radius 1 is 1.17 bits per heavy atom. The number of hydrogen-bond acceptors (Lipinski definition) is 5. The number of carbonyl (C=O) groups excluding carboxylic acids is 1. The van der Waals surface area contributed by atoms with E-state index in [4.69, 9.17) is 4.74 Å². The van der Waals surface area contributed by atoms with E-state index < -0.39 is 0 Å². The molecule has 1 aromatic rings. The normalized spacial score (nSPS) is 26.4. The molecule has 5 heteroatoms. The fraction of sp³-hybridized carbons (Fsp3) is 0.632. The van der Waals surface area contributed by atoms with E-state index in [0.29, 0.717) is 5.75 Å². The summed E-state index contributed by atoms with van der Waals surface area (Å²) in [6.45, 7) is 4.81. The van der Waals surface area contributed by atoms with E-state index in [0.717, 1.165) is 64.1 Å². The van der Waals surface area contributed by atoms with Gasteiger partial charge in [-0.1, -0.05) is 18.6 Å². The first-order valence-corrected chi connectivity index (χ1v) is 9.13. The molecule has 0 radical (unpaired) electrons. The van der Waals surface area contributed by atoms with Crippen molar-refractivity contribution in [2.75, 3.05) is 37.6 Å². The topological polar surface area (TPSA) is 53.0 Å². The molecule has 130 valence electrons. The number of piperazine rings is 1. The first-order chi connectivity index (χ1) is 11.7. The second-order valence-corrected chi connectivity index (χ2v) is 7.47. The molecule has 0 bridgehead atoms. The van der Waals surface area contributed by atoms with E-state index in [9.17, 15) is 9.90 Å². The van der Waals surface area contributed by atoms with Gasteiger partial charge in [0, 0.05) is 39.1 Å². The standard InChI is InChI=1S/C19H26N2O3/c22-17-5-2-1-4-16(17)21-12-10-20(11-13-21)9-6-15-14-19(7-3-8-19)18(23)24-15/h1-2,4-5,15,22H,3,6-14H2. The quantitative estimate of drug-likeness (QED) is 0.859. The maximum absolute atomic E-state index is 12.0. The van der Waals surface area contributed by atoms with Crippen LogP contribution in [0.5, 0.6) is 5.75 Å². The molecule has 1 saturated carbocycles. The van der Waals surface area contributed by atoms with Crippen molar-refractivity contribution in [1.82, 2.24) is 4.90 Å². The van der Waals surface area contributed by atoms with Gasteiger partial charge < -0.3 is 14.7 Å². The molecule has 1 spiro atoms. The Kier molecular flexibility index (Phi) is 4.12. The van der Waals surface area contributed by atoms with Crippen molar-refractivity contribution in [3.8, 4) is 5.75 Å². The number of rotatable bonds is 4. The number of nitrogens with zero attached hydrogens (tertiary/aromatic N) is 2. The second kappa shape index (κ2) is 6.28. The summed E-state index contributed by atoms with van der Waals surface area (Å²) in [6.07, 6.45) is 5.24. The third kappa shape index (κ3) is 2.86. The summed E-state index contributed by atoms with van der Waals surface area (Å²) in [4.78, 5) is 16.7. The molecule has 4 rings (SSSR count). The highest BCUT2D eigenvalue weighted by Crippen LogP contribution is 2.50. The van der Waals surface area contributed by atoms with Crippen LogP contribution in [0.4, 0.5) is 5.69 Å². The first-order valence-electron chi connectivity index (χ1n) is 9.13. The predicted molar refractivity (Wildman–Crippen MR) is 92.2 cm³/mol. The van der Waals surface area contributed by atoms with Crippen molar-refractivity contribution >= 4 is 11.7 Å². The molecular formula is C19H26N2O3. The molecule has 1 aliphatic carbocycles. The molecule has 0 aromatic heterocycles. The lowest BCUT2D eigenvalue weighted by Crippen LogP contribution is -2.47. The average molecular weight is 330 g/mol. The molecule has 1 atom stereocenters. The van der Waals surface area contributed by atoms with Crippen molar-refractivity contribution in [2.24, 2.45) is 5.41 Å². The van der Waals surface area contributed by atoms with Gasteiger partial charge in [0.25, 0.3) is 0 Å². The van der Waals surface area contributed by atoms with Crippen molar-refractivity contribution in [3.63, 3.8) is 0 Å². The highest BCUT2D eigenvalue weighted by molar-refractivity contribution is 5.80. The van der Waals surface area contributed by atoms with Crippen LogP contribution in [0, 0.1) is 5.41 Å². The number of hydrogen-bond donors (Lipinski definition) is 1. The summed E-state index contributed by atoms with van der Waals surface area (Å²) in [6, 6.07) is 7.53. The zero-order valence-corrected chi connectivity index (χ0v) is 14.1. The molecule has 0 amide bonds. The third-order valence-corrected chi connectivity index (χ3v) is 6.00. The molecule has 3 fully saturated rings. The van der Waals surface area contributed by atoms with E-state index in [1.165, 1.54) is 6.42 Å². The zero-order chi connectivity index (χ0) is 16.6. The summed E-state index contributed by atoms with van der Waals surface area (Å²) in [5.74, 6) is 0.415. The first kappa shape index (κ1) is 15.8. The van der Waals surface area contributed by atoms with Gasteiger partial charge in [0.2, 0.25) is 0 Å². The van der Waals surface area contributed by atoms with Crippen LogP contribution in [0.1, 0.15) is 32.1 Å². The zero-order valence-electron chi connectivity index (χ0n) is 14.1. The van der Waals surface area contributed by atoms with Crippen LogP contribution in [0.25, 0.3) is 0 Å².